The molecule has 0 aliphatic rings. The van der Waals surface area contributed by atoms with Crippen LogP contribution in [0.4, 0.5) is 0 Å². The molecule has 0 radical (unpaired) electrons. The Hall–Kier alpha value is -0.540. The van der Waals surface area contributed by atoms with E-state index in [0.717, 1.165) is 12.2 Å². The largest absolute Gasteiger partial charge is 0.491 e. The highest BCUT2D eigenvalue weighted by Gasteiger charge is 2.02. The zero-order chi connectivity index (χ0) is 14.6. The number of hydrogen-bond acceptors (Lipinski definition) is 2. The molecule has 0 bridgehead atoms. The first-order chi connectivity index (χ1) is 9.76. The van der Waals surface area contributed by atoms with Crippen molar-refractivity contribution in [3.8, 4) is 5.75 Å². The Morgan fingerprint density at radius 2 is 1.70 bits per heavy atom. The summed E-state index contributed by atoms with van der Waals surface area (Å²) in [6.07, 6.45) is 8.71. The highest BCUT2D eigenvalue weighted by Crippen LogP contribution is 2.15. The number of hydrogen-bond donors (Lipinski definition) is 1. The maximum absolute atomic E-state index is 9.41. The third kappa shape index (κ3) is 7.91. The van der Waals surface area contributed by atoms with Crippen molar-refractivity contribution in [1.82, 2.24) is 0 Å². The lowest BCUT2D eigenvalue weighted by molar-refractivity contribution is 0.127. The van der Waals surface area contributed by atoms with Crippen molar-refractivity contribution in [2.45, 2.75) is 58.0 Å². The number of rotatable bonds is 11. The van der Waals surface area contributed by atoms with Crippen molar-refractivity contribution in [1.29, 1.82) is 0 Å². The first-order valence-electron chi connectivity index (χ1n) is 7.72. The minimum absolute atomic E-state index is 0.335. The minimum Gasteiger partial charge on any atom is -0.491 e. The van der Waals surface area contributed by atoms with E-state index in [0.29, 0.717) is 11.9 Å². The predicted molar refractivity (Wildman–Crippen MR) is 88.8 cm³/mol. The summed E-state index contributed by atoms with van der Waals surface area (Å²) in [6, 6.07) is 8.24. The summed E-state index contributed by atoms with van der Waals surface area (Å²) in [4.78, 5) is 0. The monoisotopic (exact) mass is 342 g/mol. The standard InChI is InChI=1S/C17H27BrO2/c1-2-3-4-5-6-7-8-15-9-11-17(12-10-15)20-14-16(19)13-18/h9-12,16,19H,2-8,13-14H2,1H3/t16-/m1/s1. The van der Waals surface area contributed by atoms with Gasteiger partial charge in [0, 0.05) is 5.33 Å². The van der Waals surface area contributed by atoms with Crippen LogP contribution in [0.3, 0.4) is 0 Å². The van der Waals surface area contributed by atoms with Crippen molar-refractivity contribution in [3.63, 3.8) is 0 Å². The van der Waals surface area contributed by atoms with Crippen molar-refractivity contribution in [2.75, 3.05) is 11.9 Å². The average Bonchev–Trinajstić information content (AvgIpc) is 2.49. The maximum Gasteiger partial charge on any atom is 0.119 e. The van der Waals surface area contributed by atoms with Crippen LogP contribution in [0.15, 0.2) is 24.3 Å². The molecule has 3 heteroatoms. The van der Waals surface area contributed by atoms with Gasteiger partial charge in [-0.1, -0.05) is 67.1 Å². The van der Waals surface area contributed by atoms with E-state index in [1.807, 2.05) is 12.1 Å². The van der Waals surface area contributed by atoms with Crippen molar-refractivity contribution in [2.24, 2.45) is 0 Å². The normalized spacial score (nSPS) is 12.3. The molecule has 1 aromatic rings. The molecule has 0 amide bonds. The molecular weight excluding hydrogens is 316 g/mol. The predicted octanol–water partition coefficient (Wildman–Crippen LogP) is 4.72. The molecule has 20 heavy (non-hydrogen) atoms. The number of aliphatic hydroxyl groups excluding tert-OH is 1. The quantitative estimate of drug-likeness (QED) is 0.465. The number of unbranched alkanes of at least 4 members (excludes halogenated alkanes) is 5. The van der Waals surface area contributed by atoms with Crippen molar-refractivity contribution >= 4 is 15.9 Å². The molecule has 0 unspecified atom stereocenters. The summed E-state index contributed by atoms with van der Waals surface area (Å²) in [6.45, 7) is 2.59. The lowest BCUT2D eigenvalue weighted by Gasteiger charge is -2.10. The molecule has 0 aromatic heterocycles. The van der Waals surface area contributed by atoms with E-state index in [9.17, 15) is 5.11 Å². The van der Waals surface area contributed by atoms with Crippen LogP contribution in [0, 0.1) is 0 Å². The number of alkyl halides is 1. The molecule has 0 saturated heterocycles. The Kier molecular flexibility index (Phi) is 9.77. The Bertz CT molecular complexity index is 337. The van der Waals surface area contributed by atoms with Crippen LogP contribution in [0.5, 0.6) is 5.75 Å². The van der Waals surface area contributed by atoms with E-state index in [-0.39, 0.29) is 0 Å². The van der Waals surface area contributed by atoms with Crippen LogP contribution in [0.2, 0.25) is 0 Å². The van der Waals surface area contributed by atoms with E-state index in [1.165, 1.54) is 44.1 Å². The van der Waals surface area contributed by atoms with Crippen LogP contribution in [0.25, 0.3) is 0 Å². The Balaban J connectivity index is 2.18. The second-order valence-corrected chi connectivity index (χ2v) is 5.93. The average molecular weight is 343 g/mol. The molecule has 0 aliphatic carbocycles. The molecule has 0 saturated carbocycles. The molecule has 0 spiro atoms. The van der Waals surface area contributed by atoms with E-state index in [1.54, 1.807) is 0 Å². The third-order valence-electron chi connectivity index (χ3n) is 3.36. The fourth-order valence-corrected chi connectivity index (χ4v) is 2.29. The second kappa shape index (κ2) is 11.2. The van der Waals surface area contributed by atoms with Crippen LogP contribution in [-0.4, -0.2) is 23.1 Å². The third-order valence-corrected chi connectivity index (χ3v) is 4.11. The van der Waals surface area contributed by atoms with Crippen LogP contribution in [-0.2, 0) is 6.42 Å². The molecule has 114 valence electrons. The van der Waals surface area contributed by atoms with E-state index in [2.05, 4.69) is 35.0 Å². The smallest absolute Gasteiger partial charge is 0.119 e. The SMILES string of the molecule is CCCCCCCCc1ccc(OC[C@H](O)CBr)cc1. The number of aryl methyl sites for hydroxylation is 1. The Morgan fingerprint density at radius 3 is 2.35 bits per heavy atom. The molecule has 1 rings (SSSR count). The second-order valence-electron chi connectivity index (χ2n) is 5.28. The molecule has 0 heterocycles. The Morgan fingerprint density at radius 1 is 1.05 bits per heavy atom. The van der Waals surface area contributed by atoms with Gasteiger partial charge in [-0.25, -0.2) is 0 Å². The molecular formula is C17H27BrO2. The van der Waals surface area contributed by atoms with Crippen LogP contribution >= 0.6 is 15.9 Å². The zero-order valence-corrected chi connectivity index (χ0v) is 14.1. The lowest BCUT2D eigenvalue weighted by atomic mass is 10.0. The zero-order valence-electron chi connectivity index (χ0n) is 12.5. The lowest BCUT2D eigenvalue weighted by Crippen LogP contribution is -2.18. The van der Waals surface area contributed by atoms with Gasteiger partial charge in [0.15, 0.2) is 0 Å². The minimum atomic E-state index is -0.446. The number of aliphatic hydroxyl groups is 1. The molecule has 1 N–H and O–H groups in total. The van der Waals surface area contributed by atoms with Gasteiger partial charge < -0.3 is 9.84 Å². The summed E-state index contributed by atoms with van der Waals surface area (Å²) in [5.41, 5.74) is 1.37. The molecule has 0 fully saturated rings. The van der Waals surface area contributed by atoms with Gasteiger partial charge >= 0.3 is 0 Å². The first kappa shape index (κ1) is 17.5. The first-order valence-corrected chi connectivity index (χ1v) is 8.84. The van der Waals surface area contributed by atoms with Gasteiger partial charge in [0.05, 0.1) is 6.10 Å². The number of ether oxygens (including phenoxy) is 1. The molecule has 0 aliphatic heterocycles. The fraction of sp³-hybridized carbons (Fsp3) is 0.647. The van der Waals surface area contributed by atoms with Gasteiger partial charge in [-0.05, 0) is 30.5 Å². The topological polar surface area (TPSA) is 29.5 Å². The molecule has 1 atom stereocenters. The van der Waals surface area contributed by atoms with Crippen molar-refractivity contribution < 1.29 is 9.84 Å². The van der Waals surface area contributed by atoms with Crippen molar-refractivity contribution in [3.05, 3.63) is 29.8 Å². The fourth-order valence-electron chi connectivity index (χ4n) is 2.10. The van der Waals surface area contributed by atoms with Gasteiger partial charge in [0.1, 0.15) is 12.4 Å². The summed E-state index contributed by atoms with van der Waals surface area (Å²) in [5.74, 6) is 0.830. The van der Waals surface area contributed by atoms with Gasteiger partial charge in [-0.15, -0.1) is 0 Å². The van der Waals surface area contributed by atoms with E-state index < -0.39 is 6.10 Å². The molecule has 1 aromatic carbocycles. The van der Waals surface area contributed by atoms with Gasteiger partial charge in [-0.3, -0.25) is 0 Å². The molecule has 2 nitrogen and oxygen atoms in total. The summed E-state index contributed by atoms with van der Waals surface area (Å²) in [5, 5.41) is 9.95. The van der Waals surface area contributed by atoms with Gasteiger partial charge in [0.2, 0.25) is 0 Å². The van der Waals surface area contributed by atoms with Gasteiger partial charge in [0.25, 0.3) is 0 Å². The van der Waals surface area contributed by atoms with E-state index >= 15 is 0 Å². The summed E-state index contributed by atoms with van der Waals surface area (Å²) < 4.78 is 5.50. The van der Waals surface area contributed by atoms with Crippen LogP contribution < -0.4 is 4.74 Å². The summed E-state index contributed by atoms with van der Waals surface area (Å²) >= 11 is 3.22. The Labute approximate surface area is 131 Å². The van der Waals surface area contributed by atoms with Crippen LogP contribution in [0.1, 0.15) is 51.0 Å². The highest BCUT2D eigenvalue weighted by molar-refractivity contribution is 9.09. The summed E-state index contributed by atoms with van der Waals surface area (Å²) in [7, 11) is 0. The number of benzene rings is 1. The van der Waals surface area contributed by atoms with E-state index in [4.69, 9.17) is 4.74 Å². The maximum atomic E-state index is 9.41. The highest BCUT2D eigenvalue weighted by atomic mass is 79.9. The number of halogens is 1. The van der Waals surface area contributed by atoms with Gasteiger partial charge in [-0.2, -0.15) is 0 Å².